The standard InChI is InChI=1S/C15H12ClFN2O/c1-2-3-4-9-19-15(20)8-7-14(18-19)11-5-6-12(16)13(17)10-11/h5-8,10H,2-3H2,1H3. The van der Waals surface area contributed by atoms with Gasteiger partial charge in [0.1, 0.15) is 5.82 Å². The van der Waals surface area contributed by atoms with Crippen LogP contribution in [0.25, 0.3) is 11.3 Å². The van der Waals surface area contributed by atoms with E-state index in [1.54, 1.807) is 6.07 Å². The summed E-state index contributed by atoms with van der Waals surface area (Å²) in [6, 6.07) is 9.93. The molecule has 2 rings (SSSR count). The maximum atomic E-state index is 13.4. The van der Waals surface area contributed by atoms with Gasteiger partial charge in [0.2, 0.25) is 0 Å². The largest absolute Gasteiger partial charge is 0.279 e. The number of nitrogens with zero attached hydrogens (tertiary/aromatic N) is 2. The summed E-state index contributed by atoms with van der Waals surface area (Å²) in [5, 5.41) is 4.15. The zero-order valence-electron chi connectivity index (χ0n) is 10.9. The van der Waals surface area contributed by atoms with Crippen molar-refractivity contribution >= 4 is 11.6 Å². The van der Waals surface area contributed by atoms with Crippen LogP contribution in [0.3, 0.4) is 0 Å². The van der Waals surface area contributed by atoms with Gasteiger partial charge < -0.3 is 0 Å². The second kappa shape index (κ2) is 6.36. The van der Waals surface area contributed by atoms with Gasteiger partial charge in [-0.2, -0.15) is 9.78 Å². The van der Waals surface area contributed by atoms with Crippen LogP contribution in [0.4, 0.5) is 4.39 Å². The second-order valence-electron chi connectivity index (χ2n) is 4.14. The summed E-state index contributed by atoms with van der Waals surface area (Å²) in [7, 11) is 0. The summed E-state index contributed by atoms with van der Waals surface area (Å²) in [6.45, 7) is 2.00. The Morgan fingerprint density at radius 2 is 2.15 bits per heavy atom. The fourth-order valence-corrected chi connectivity index (χ4v) is 1.67. The molecule has 0 bridgehead atoms. The van der Waals surface area contributed by atoms with Crippen LogP contribution in [0.2, 0.25) is 5.02 Å². The molecule has 0 aliphatic carbocycles. The van der Waals surface area contributed by atoms with Crippen LogP contribution in [0.1, 0.15) is 19.8 Å². The van der Waals surface area contributed by atoms with E-state index in [9.17, 15) is 9.18 Å². The van der Waals surface area contributed by atoms with E-state index in [4.69, 9.17) is 11.6 Å². The van der Waals surface area contributed by atoms with E-state index >= 15 is 0 Å². The minimum absolute atomic E-state index is 0.0461. The fraction of sp³-hybridized carbons (Fsp3) is 0.200. The van der Waals surface area contributed by atoms with Gasteiger partial charge in [-0.3, -0.25) is 4.79 Å². The Balaban J connectivity index is 2.43. The Morgan fingerprint density at radius 1 is 1.35 bits per heavy atom. The molecule has 0 amide bonds. The van der Waals surface area contributed by atoms with E-state index in [2.05, 4.69) is 17.1 Å². The van der Waals surface area contributed by atoms with Crippen LogP contribution in [0.15, 0.2) is 35.1 Å². The van der Waals surface area contributed by atoms with Crippen molar-refractivity contribution in [3.8, 4) is 23.2 Å². The average molecular weight is 291 g/mol. The highest BCUT2D eigenvalue weighted by atomic mass is 35.5. The van der Waals surface area contributed by atoms with Crippen molar-refractivity contribution in [1.29, 1.82) is 0 Å². The lowest BCUT2D eigenvalue weighted by Crippen LogP contribution is -2.18. The monoisotopic (exact) mass is 290 g/mol. The molecule has 20 heavy (non-hydrogen) atoms. The third kappa shape index (κ3) is 3.25. The summed E-state index contributed by atoms with van der Waals surface area (Å²) in [5.74, 6) is 2.32. The molecule has 0 spiro atoms. The van der Waals surface area contributed by atoms with Crippen molar-refractivity contribution in [2.24, 2.45) is 0 Å². The first-order chi connectivity index (χ1) is 9.61. The highest BCUT2D eigenvalue weighted by Gasteiger charge is 2.06. The minimum atomic E-state index is -0.527. The van der Waals surface area contributed by atoms with Crippen LogP contribution in [-0.2, 0) is 0 Å². The first-order valence-corrected chi connectivity index (χ1v) is 6.54. The number of unbranched alkanes of at least 4 members (excludes halogenated alkanes) is 1. The molecule has 0 fully saturated rings. The first kappa shape index (κ1) is 14.3. The molecule has 1 heterocycles. The zero-order chi connectivity index (χ0) is 14.5. The Hall–Kier alpha value is -2.12. The number of halogens is 2. The summed E-state index contributed by atoms with van der Waals surface area (Å²) < 4.78 is 14.5. The van der Waals surface area contributed by atoms with Gasteiger partial charge >= 0.3 is 0 Å². The van der Waals surface area contributed by atoms with Crippen LogP contribution >= 0.6 is 11.6 Å². The minimum Gasteiger partial charge on any atom is -0.267 e. The molecule has 0 aliphatic rings. The molecule has 0 radical (unpaired) electrons. The van der Waals surface area contributed by atoms with E-state index in [0.29, 0.717) is 17.7 Å². The lowest BCUT2D eigenvalue weighted by atomic mass is 10.1. The van der Waals surface area contributed by atoms with Gasteiger partial charge in [-0.15, -0.1) is 0 Å². The van der Waals surface area contributed by atoms with Crippen LogP contribution < -0.4 is 5.56 Å². The van der Waals surface area contributed by atoms with Gasteiger partial charge in [-0.1, -0.05) is 30.5 Å². The predicted octanol–water partition coefficient (Wildman–Crippen LogP) is 3.31. The van der Waals surface area contributed by atoms with Gasteiger partial charge in [0.05, 0.1) is 10.7 Å². The highest BCUT2D eigenvalue weighted by molar-refractivity contribution is 6.30. The van der Waals surface area contributed by atoms with Gasteiger partial charge in [0.25, 0.3) is 5.56 Å². The number of hydrogen-bond donors (Lipinski definition) is 0. The number of benzene rings is 1. The SMILES string of the molecule is CCCC#Cn1nc(-c2ccc(Cl)c(F)c2)ccc1=O. The lowest BCUT2D eigenvalue weighted by molar-refractivity contribution is 0.628. The quantitative estimate of drug-likeness (QED) is 0.795. The van der Waals surface area contributed by atoms with Crippen molar-refractivity contribution < 1.29 is 4.39 Å². The number of rotatable bonds is 2. The maximum absolute atomic E-state index is 13.4. The van der Waals surface area contributed by atoms with Gasteiger partial charge in [0, 0.05) is 24.1 Å². The molecule has 3 nitrogen and oxygen atoms in total. The van der Waals surface area contributed by atoms with Crippen LogP contribution in [0, 0.1) is 17.8 Å². The topological polar surface area (TPSA) is 34.9 Å². The molecular weight excluding hydrogens is 279 g/mol. The van der Waals surface area contributed by atoms with E-state index in [0.717, 1.165) is 11.1 Å². The van der Waals surface area contributed by atoms with Crippen molar-refractivity contribution in [3.63, 3.8) is 0 Å². The Bertz CT molecular complexity index is 744. The molecule has 1 aromatic heterocycles. The van der Waals surface area contributed by atoms with Crippen LogP contribution in [0.5, 0.6) is 0 Å². The van der Waals surface area contributed by atoms with Gasteiger partial charge in [-0.05, 0) is 24.6 Å². The summed E-state index contributed by atoms with van der Waals surface area (Å²) >= 11 is 5.64. The van der Waals surface area contributed by atoms with E-state index < -0.39 is 5.82 Å². The molecule has 0 N–H and O–H groups in total. The highest BCUT2D eigenvalue weighted by Crippen LogP contribution is 2.21. The normalized spacial score (nSPS) is 9.95. The van der Waals surface area contributed by atoms with Gasteiger partial charge in [0.15, 0.2) is 0 Å². The molecule has 0 saturated heterocycles. The summed E-state index contributed by atoms with van der Waals surface area (Å²) in [6.07, 6.45) is 1.59. The maximum Gasteiger partial charge on any atom is 0.279 e. The average Bonchev–Trinajstić information content (AvgIpc) is 2.44. The Morgan fingerprint density at radius 3 is 2.85 bits per heavy atom. The van der Waals surface area contributed by atoms with E-state index in [1.165, 1.54) is 24.3 Å². The smallest absolute Gasteiger partial charge is 0.267 e. The summed E-state index contributed by atoms with van der Waals surface area (Å²) in [4.78, 5) is 11.6. The van der Waals surface area contributed by atoms with E-state index in [1.807, 2.05) is 6.92 Å². The molecule has 0 unspecified atom stereocenters. The van der Waals surface area contributed by atoms with E-state index in [-0.39, 0.29) is 10.6 Å². The summed E-state index contributed by atoms with van der Waals surface area (Å²) in [5.41, 5.74) is 0.690. The molecule has 2 aromatic rings. The number of hydrogen-bond acceptors (Lipinski definition) is 2. The first-order valence-electron chi connectivity index (χ1n) is 6.16. The third-order valence-electron chi connectivity index (χ3n) is 2.58. The van der Waals surface area contributed by atoms with Crippen LogP contribution in [-0.4, -0.2) is 9.78 Å². The molecule has 0 atom stereocenters. The zero-order valence-corrected chi connectivity index (χ0v) is 11.6. The third-order valence-corrected chi connectivity index (χ3v) is 2.88. The Kier molecular flexibility index (Phi) is 4.54. The molecule has 0 saturated carbocycles. The molecular formula is C15H12ClFN2O. The Labute approximate surface area is 121 Å². The molecule has 0 aliphatic heterocycles. The predicted molar refractivity (Wildman–Crippen MR) is 77.0 cm³/mol. The molecule has 5 heteroatoms. The molecule has 102 valence electrons. The fourth-order valence-electron chi connectivity index (χ4n) is 1.56. The van der Waals surface area contributed by atoms with Crippen molar-refractivity contribution in [2.75, 3.05) is 0 Å². The van der Waals surface area contributed by atoms with Crippen molar-refractivity contribution in [3.05, 3.63) is 51.5 Å². The lowest BCUT2D eigenvalue weighted by Gasteiger charge is -2.03. The molecule has 1 aromatic carbocycles. The second-order valence-corrected chi connectivity index (χ2v) is 4.54. The van der Waals surface area contributed by atoms with Crippen molar-refractivity contribution in [1.82, 2.24) is 9.78 Å². The van der Waals surface area contributed by atoms with Crippen molar-refractivity contribution in [2.45, 2.75) is 19.8 Å². The number of aromatic nitrogens is 2. The van der Waals surface area contributed by atoms with Gasteiger partial charge in [-0.25, -0.2) is 4.39 Å².